The standard InChI is InChI=1S/C14H14N2O4/c1-14(2,3)20-13(19)16-15-10-11(17)8-6-4-5-7-9(8)12(10)18/h4-7H,1-3H3,(H,16,19). The second-order valence-corrected chi connectivity index (χ2v) is 5.28. The number of hydrogen-bond acceptors (Lipinski definition) is 5. The van der Waals surface area contributed by atoms with Crippen molar-refractivity contribution in [3.63, 3.8) is 0 Å². The quantitative estimate of drug-likeness (QED) is 0.779. The highest BCUT2D eigenvalue weighted by atomic mass is 16.6. The van der Waals surface area contributed by atoms with Gasteiger partial charge in [0.05, 0.1) is 0 Å². The minimum atomic E-state index is -0.818. The molecule has 0 aliphatic carbocycles. The van der Waals surface area contributed by atoms with Crippen LogP contribution in [0.5, 0.6) is 0 Å². The zero-order chi connectivity index (χ0) is 14.9. The van der Waals surface area contributed by atoms with Crippen LogP contribution in [0.1, 0.15) is 20.8 Å². The average molecular weight is 274 g/mol. The van der Waals surface area contributed by atoms with Crippen LogP contribution >= 0.6 is 0 Å². The zero-order valence-corrected chi connectivity index (χ0v) is 11.4. The van der Waals surface area contributed by atoms with Gasteiger partial charge >= 0.3 is 6.09 Å². The molecule has 6 nitrogen and oxygen atoms in total. The topological polar surface area (TPSA) is 84.8 Å². The normalized spacial score (nSPS) is 11.3. The molecule has 6 heteroatoms. The van der Waals surface area contributed by atoms with E-state index in [0.717, 1.165) is 0 Å². The van der Waals surface area contributed by atoms with Gasteiger partial charge in [0, 0.05) is 10.8 Å². The Morgan fingerprint density at radius 3 is 2.05 bits per heavy atom. The number of hydrogen-bond donors (Lipinski definition) is 1. The molecule has 0 unspecified atom stereocenters. The molecule has 0 fully saturated rings. The summed E-state index contributed by atoms with van der Waals surface area (Å²) in [6.07, 6.45) is -0.818. The fraction of sp³-hybridized carbons (Fsp3) is 0.286. The van der Waals surface area contributed by atoms with Crippen LogP contribution in [0.25, 0.3) is 10.8 Å². The molecule has 0 aliphatic heterocycles. The highest BCUT2D eigenvalue weighted by Crippen LogP contribution is 2.06. The van der Waals surface area contributed by atoms with Crippen LogP contribution in [0, 0.1) is 0 Å². The first kappa shape index (κ1) is 13.9. The molecule has 104 valence electrons. The van der Waals surface area contributed by atoms with E-state index in [-0.39, 0.29) is 5.36 Å². The maximum absolute atomic E-state index is 12.0. The van der Waals surface area contributed by atoms with Crippen molar-refractivity contribution < 1.29 is 9.53 Å². The van der Waals surface area contributed by atoms with Crippen molar-refractivity contribution in [1.29, 1.82) is 0 Å². The number of benzene rings is 1. The molecule has 2 aromatic carbocycles. The lowest BCUT2D eigenvalue weighted by Crippen LogP contribution is -2.37. The third-order valence-corrected chi connectivity index (χ3v) is 2.50. The van der Waals surface area contributed by atoms with E-state index in [0.29, 0.717) is 10.8 Å². The van der Waals surface area contributed by atoms with Crippen molar-refractivity contribution in [3.05, 3.63) is 50.1 Å². The Balaban J connectivity index is 2.39. The number of rotatable bonds is 1. The number of carbonyl (C=O) groups excluding carboxylic acids is 1. The Morgan fingerprint density at radius 2 is 1.60 bits per heavy atom. The molecule has 0 radical (unpaired) electrons. The monoisotopic (exact) mass is 274 g/mol. The van der Waals surface area contributed by atoms with Gasteiger partial charge in [-0.15, -0.1) is 0 Å². The number of amides is 1. The van der Waals surface area contributed by atoms with E-state index in [1.165, 1.54) is 0 Å². The molecule has 0 aliphatic rings. The number of nitrogens with one attached hydrogen (secondary N) is 1. The first-order chi connectivity index (χ1) is 9.29. The Bertz CT molecular complexity index is 758. The highest BCUT2D eigenvalue weighted by Gasteiger charge is 2.16. The van der Waals surface area contributed by atoms with Gasteiger partial charge in [-0.3, -0.25) is 9.59 Å². The lowest BCUT2D eigenvalue weighted by Gasteiger charge is -2.18. The number of ether oxygens (including phenoxy) is 1. The molecule has 2 rings (SSSR count). The van der Waals surface area contributed by atoms with Gasteiger partial charge in [-0.1, -0.05) is 24.3 Å². The maximum Gasteiger partial charge on any atom is 0.428 e. The molecule has 0 aromatic heterocycles. The predicted octanol–water partition coefficient (Wildman–Crippen LogP) is 0.776. The van der Waals surface area contributed by atoms with Crippen LogP contribution in [-0.2, 0) is 4.74 Å². The first-order valence-corrected chi connectivity index (χ1v) is 6.05. The maximum atomic E-state index is 12.0. The van der Waals surface area contributed by atoms with E-state index < -0.39 is 22.6 Å². The third kappa shape index (κ3) is 2.74. The number of carbonyl (C=O) groups is 1. The van der Waals surface area contributed by atoms with Crippen LogP contribution in [0.2, 0.25) is 0 Å². The van der Waals surface area contributed by atoms with Crippen LogP contribution in [0.4, 0.5) is 4.79 Å². The van der Waals surface area contributed by atoms with Gasteiger partial charge in [0.25, 0.3) is 0 Å². The van der Waals surface area contributed by atoms with Crippen LogP contribution in [0.3, 0.4) is 0 Å². The van der Waals surface area contributed by atoms with E-state index >= 15 is 0 Å². The van der Waals surface area contributed by atoms with Crippen molar-refractivity contribution in [3.8, 4) is 0 Å². The lowest BCUT2D eigenvalue weighted by molar-refractivity contribution is 0.0526. The summed E-state index contributed by atoms with van der Waals surface area (Å²) >= 11 is 0. The molecule has 0 heterocycles. The van der Waals surface area contributed by atoms with Gasteiger partial charge < -0.3 is 4.74 Å². The van der Waals surface area contributed by atoms with Gasteiger partial charge in [-0.25, -0.2) is 10.2 Å². The fourth-order valence-corrected chi connectivity index (χ4v) is 1.74. The highest BCUT2D eigenvalue weighted by molar-refractivity contribution is 5.83. The third-order valence-electron chi connectivity index (χ3n) is 2.50. The Labute approximate surface area is 114 Å². The predicted molar refractivity (Wildman–Crippen MR) is 73.8 cm³/mol. The number of nitrogens with zero attached hydrogens (tertiary/aromatic N) is 1. The molecule has 0 saturated heterocycles. The largest absolute Gasteiger partial charge is 0.443 e. The van der Waals surface area contributed by atoms with E-state index in [9.17, 15) is 14.4 Å². The van der Waals surface area contributed by atoms with Crippen LogP contribution in [-0.4, -0.2) is 11.7 Å². The van der Waals surface area contributed by atoms with Crippen molar-refractivity contribution in [1.82, 2.24) is 5.43 Å². The van der Waals surface area contributed by atoms with Crippen molar-refractivity contribution in [2.75, 3.05) is 0 Å². The molecule has 0 atom stereocenters. The fourth-order valence-electron chi connectivity index (χ4n) is 1.74. The molecular weight excluding hydrogens is 260 g/mol. The molecular formula is C14H14N2O4. The summed E-state index contributed by atoms with van der Waals surface area (Å²) in [6, 6.07) is 6.42. The van der Waals surface area contributed by atoms with E-state index in [2.05, 4.69) is 10.5 Å². The molecule has 2 aromatic rings. The summed E-state index contributed by atoms with van der Waals surface area (Å²) in [5, 5.41) is 3.86. The minimum Gasteiger partial charge on any atom is -0.443 e. The van der Waals surface area contributed by atoms with Gasteiger partial charge in [0.15, 0.2) is 5.36 Å². The summed E-state index contributed by atoms with van der Waals surface area (Å²) in [7, 11) is 0. The Morgan fingerprint density at radius 1 is 1.10 bits per heavy atom. The van der Waals surface area contributed by atoms with E-state index in [4.69, 9.17) is 4.74 Å². The smallest absolute Gasteiger partial charge is 0.428 e. The van der Waals surface area contributed by atoms with E-state index in [1.54, 1.807) is 45.0 Å². The molecule has 0 spiro atoms. The van der Waals surface area contributed by atoms with Gasteiger partial charge in [-0.05, 0) is 20.8 Å². The average Bonchev–Trinajstić information content (AvgIpc) is 2.59. The SMILES string of the molecule is CC(C)(C)OC(=O)NN=c1c(=O)c2ccccc2c1=O. The van der Waals surface area contributed by atoms with Crippen LogP contribution < -0.4 is 21.6 Å². The van der Waals surface area contributed by atoms with Crippen molar-refractivity contribution in [2.45, 2.75) is 26.4 Å². The Hall–Kier alpha value is -2.50. The molecule has 20 heavy (non-hydrogen) atoms. The molecule has 0 bridgehead atoms. The minimum absolute atomic E-state index is 0.294. The second-order valence-electron chi connectivity index (χ2n) is 5.28. The van der Waals surface area contributed by atoms with E-state index in [1.807, 2.05) is 0 Å². The summed E-state index contributed by atoms with van der Waals surface area (Å²) in [4.78, 5) is 35.4. The zero-order valence-electron chi connectivity index (χ0n) is 11.4. The molecule has 1 amide bonds. The van der Waals surface area contributed by atoms with Crippen molar-refractivity contribution in [2.24, 2.45) is 5.10 Å². The lowest BCUT2D eigenvalue weighted by atomic mass is 10.2. The van der Waals surface area contributed by atoms with Gasteiger partial charge in [0.1, 0.15) is 5.60 Å². The van der Waals surface area contributed by atoms with Crippen LogP contribution in [0.15, 0.2) is 39.0 Å². The van der Waals surface area contributed by atoms with Gasteiger partial charge in [0.2, 0.25) is 10.9 Å². The van der Waals surface area contributed by atoms with Crippen molar-refractivity contribution >= 4 is 16.9 Å². The summed E-state index contributed by atoms with van der Waals surface area (Å²) in [5.74, 6) is 0. The number of fused-ring (bicyclic) bond motifs is 1. The Kier molecular flexibility index (Phi) is 3.40. The first-order valence-electron chi connectivity index (χ1n) is 6.05. The summed E-state index contributed by atoms with van der Waals surface area (Å²) in [6.45, 7) is 5.09. The molecule has 0 saturated carbocycles. The molecule has 1 N–H and O–H groups in total. The second kappa shape index (κ2) is 4.88. The van der Waals surface area contributed by atoms with Gasteiger partial charge in [-0.2, -0.15) is 5.10 Å². The summed E-state index contributed by atoms with van der Waals surface area (Å²) < 4.78 is 4.97. The summed E-state index contributed by atoms with van der Waals surface area (Å²) in [5.41, 5.74) is 0.381.